The predicted octanol–water partition coefficient (Wildman–Crippen LogP) is 1.87. The average Bonchev–Trinajstić information content (AvgIpc) is 2.50. The van der Waals surface area contributed by atoms with Gasteiger partial charge in [0.2, 0.25) is 0 Å². The van der Waals surface area contributed by atoms with Crippen molar-refractivity contribution in [1.29, 1.82) is 0 Å². The van der Waals surface area contributed by atoms with Gasteiger partial charge >= 0.3 is 0 Å². The number of hydrogen-bond donors (Lipinski definition) is 1. The predicted molar refractivity (Wildman–Crippen MR) is 59.7 cm³/mol. The Labute approximate surface area is 92.7 Å². The molecule has 0 fully saturated rings. The lowest BCUT2D eigenvalue weighted by Crippen LogP contribution is -2.04. The first-order valence-electron chi connectivity index (χ1n) is 4.57. The molecule has 0 atom stereocenters. The van der Waals surface area contributed by atoms with Gasteiger partial charge in [0.25, 0.3) is 0 Å². The standard InChI is InChI=1S/C10H11ClN4/c1-7-10(12)13-14-15(7)6-8-3-2-4-9(11)5-8/h2-5H,6,12H2,1H3. The lowest BCUT2D eigenvalue weighted by atomic mass is 10.2. The van der Waals surface area contributed by atoms with E-state index in [1.165, 1.54) is 0 Å². The molecule has 0 bridgehead atoms. The highest BCUT2D eigenvalue weighted by Crippen LogP contribution is 2.13. The summed E-state index contributed by atoms with van der Waals surface area (Å²) >= 11 is 5.89. The van der Waals surface area contributed by atoms with E-state index in [9.17, 15) is 0 Å². The first-order valence-corrected chi connectivity index (χ1v) is 4.94. The minimum atomic E-state index is 0.469. The fraction of sp³-hybridized carbons (Fsp3) is 0.200. The largest absolute Gasteiger partial charge is 0.381 e. The summed E-state index contributed by atoms with van der Waals surface area (Å²) in [6.07, 6.45) is 0. The Balaban J connectivity index is 2.26. The maximum atomic E-state index is 5.89. The first kappa shape index (κ1) is 9.98. The highest BCUT2D eigenvalue weighted by atomic mass is 35.5. The van der Waals surface area contributed by atoms with E-state index in [2.05, 4.69) is 10.3 Å². The van der Waals surface area contributed by atoms with Crippen LogP contribution in [-0.2, 0) is 6.54 Å². The van der Waals surface area contributed by atoms with Gasteiger partial charge in [-0.1, -0.05) is 28.9 Å². The summed E-state index contributed by atoms with van der Waals surface area (Å²) in [5, 5.41) is 8.45. The summed E-state index contributed by atoms with van der Waals surface area (Å²) in [5.74, 6) is 0.469. The third kappa shape index (κ3) is 2.10. The second kappa shape index (κ2) is 3.90. The third-order valence-corrected chi connectivity index (χ3v) is 2.47. The number of rotatable bonds is 2. The fourth-order valence-corrected chi connectivity index (χ4v) is 1.55. The maximum Gasteiger partial charge on any atom is 0.168 e. The number of benzene rings is 1. The molecule has 15 heavy (non-hydrogen) atoms. The van der Waals surface area contributed by atoms with Crippen molar-refractivity contribution in [2.24, 2.45) is 0 Å². The molecular formula is C10H11ClN4. The molecule has 0 amide bonds. The van der Waals surface area contributed by atoms with Crippen LogP contribution in [0.5, 0.6) is 0 Å². The molecule has 78 valence electrons. The van der Waals surface area contributed by atoms with Crippen molar-refractivity contribution in [2.45, 2.75) is 13.5 Å². The maximum absolute atomic E-state index is 5.89. The van der Waals surface area contributed by atoms with Crippen LogP contribution in [0.1, 0.15) is 11.3 Å². The molecular weight excluding hydrogens is 212 g/mol. The zero-order chi connectivity index (χ0) is 10.8. The molecule has 0 aliphatic heterocycles. The molecule has 0 aliphatic rings. The summed E-state index contributed by atoms with van der Waals surface area (Å²) < 4.78 is 1.75. The zero-order valence-electron chi connectivity index (χ0n) is 8.31. The topological polar surface area (TPSA) is 56.7 Å². The van der Waals surface area contributed by atoms with Gasteiger partial charge < -0.3 is 5.73 Å². The van der Waals surface area contributed by atoms with E-state index in [1.54, 1.807) is 4.68 Å². The molecule has 0 saturated heterocycles. The third-order valence-electron chi connectivity index (χ3n) is 2.24. The van der Waals surface area contributed by atoms with Crippen LogP contribution in [0.2, 0.25) is 5.02 Å². The first-order chi connectivity index (χ1) is 7.16. The molecule has 2 rings (SSSR count). The Morgan fingerprint density at radius 1 is 1.47 bits per heavy atom. The molecule has 2 aromatic rings. The van der Waals surface area contributed by atoms with Crippen LogP contribution in [0.15, 0.2) is 24.3 Å². The molecule has 0 aliphatic carbocycles. The Morgan fingerprint density at radius 3 is 2.87 bits per heavy atom. The summed E-state index contributed by atoms with van der Waals surface area (Å²) in [6.45, 7) is 2.52. The van der Waals surface area contributed by atoms with Gasteiger partial charge in [-0.05, 0) is 24.6 Å². The SMILES string of the molecule is Cc1c(N)nnn1Cc1cccc(Cl)c1. The van der Waals surface area contributed by atoms with Gasteiger partial charge in [0.1, 0.15) is 0 Å². The molecule has 5 heteroatoms. The number of nitrogens with zero attached hydrogens (tertiary/aromatic N) is 3. The van der Waals surface area contributed by atoms with E-state index in [0.717, 1.165) is 16.3 Å². The van der Waals surface area contributed by atoms with E-state index in [0.29, 0.717) is 12.4 Å². The van der Waals surface area contributed by atoms with Crippen molar-refractivity contribution in [3.05, 3.63) is 40.5 Å². The minimum absolute atomic E-state index is 0.469. The van der Waals surface area contributed by atoms with Gasteiger partial charge in [-0.3, -0.25) is 0 Å². The quantitative estimate of drug-likeness (QED) is 0.844. The van der Waals surface area contributed by atoms with Crippen LogP contribution < -0.4 is 5.73 Å². The fourth-order valence-electron chi connectivity index (χ4n) is 1.33. The lowest BCUT2D eigenvalue weighted by molar-refractivity contribution is 0.633. The number of nitrogens with two attached hydrogens (primary N) is 1. The van der Waals surface area contributed by atoms with Gasteiger partial charge in [-0.15, -0.1) is 5.10 Å². The zero-order valence-corrected chi connectivity index (χ0v) is 9.07. The molecule has 0 radical (unpaired) electrons. The van der Waals surface area contributed by atoms with Crippen LogP contribution in [0.25, 0.3) is 0 Å². The number of anilines is 1. The van der Waals surface area contributed by atoms with E-state index in [4.69, 9.17) is 17.3 Å². The number of aromatic nitrogens is 3. The number of nitrogen functional groups attached to an aromatic ring is 1. The van der Waals surface area contributed by atoms with E-state index >= 15 is 0 Å². The average molecular weight is 223 g/mol. The second-order valence-electron chi connectivity index (χ2n) is 3.35. The van der Waals surface area contributed by atoms with E-state index in [-0.39, 0.29) is 0 Å². The lowest BCUT2D eigenvalue weighted by Gasteiger charge is -2.03. The van der Waals surface area contributed by atoms with Crippen molar-refractivity contribution < 1.29 is 0 Å². The van der Waals surface area contributed by atoms with E-state index < -0.39 is 0 Å². The second-order valence-corrected chi connectivity index (χ2v) is 3.78. The minimum Gasteiger partial charge on any atom is -0.381 e. The summed E-state index contributed by atoms with van der Waals surface area (Å²) in [4.78, 5) is 0. The normalized spacial score (nSPS) is 10.5. The van der Waals surface area contributed by atoms with E-state index in [1.807, 2.05) is 31.2 Å². The summed E-state index contributed by atoms with van der Waals surface area (Å²) in [6, 6.07) is 7.64. The van der Waals surface area contributed by atoms with Gasteiger partial charge in [-0.2, -0.15) is 0 Å². The monoisotopic (exact) mass is 222 g/mol. The Bertz CT molecular complexity index is 478. The van der Waals surface area contributed by atoms with Crippen molar-refractivity contribution in [3.8, 4) is 0 Å². The van der Waals surface area contributed by atoms with Crippen LogP contribution in [0, 0.1) is 6.92 Å². The molecule has 1 aromatic heterocycles. The Morgan fingerprint density at radius 2 is 2.27 bits per heavy atom. The highest BCUT2D eigenvalue weighted by molar-refractivity contribution is 6.30. The van der Waals surface area contributed by atoms with Crippen molar-refractivity contribution >= 4 is 17.4 Å². The number of halogens is 1. The number of hydrogen-bond acceptors (Lipinski definition) is 3. The van der Waals surface area contributed by atoms with Gasteiger partial charge in [0, 0.05) is 5.02 Å². The van der Waals surface area contributed by atoms with Crippen LogP contribution in [-0.4, -0.2) is 15.0 Å². The van der Waals surface area contributed by atoms with Gasteiger partial charge in [-0.25, -0.2) is 4.68 Å². The van der Waals surface area contributed by atoms with Crippen LogP contribution in [0.3, 0.4) is 0 Å². The van der Waals surface area contributed by atoms with Crippen LogP contribution >= 0.6 is 11.6 Å². The smallest absolute Gasteiger partial charge is 0.168 e. The Hall–Kier alpha value is -1.55. The molecule has 0 spiro atoms. The molecule has 0 saturated carbocycles. The van der Waals surface area contributed by atoms with Crippen molar-refractivity contribution in [1.82, 2.24) is 15.0 Å². The van der Waals surface area contributed by atoms with Crippen LogP contribution in [0.4, 0.5) is 5.82 Å². The molecule has 4 nitrogen and oxygen atoms in total. The molecule has 1 heterocycles. The van der Waals surface area contributed by atoms with Gasteiger partial charge in [0.05, 0.1) is 12.2 Å². The molecule has 0 unspecified atom stereocenters. The molecule has 1 aromatic carbocycles. The van der Waals surface area contributed by atoms with Gasteiger partial charge in [0.15, 0.2) is 5.82 Å². The summed E-state index contributed by atoms with van der Waals surface area (Å²) in [7, 11) is 0. The Kier molecular flexibility index (Phi) is 2.60. The van der Waals surface area contributed by atoms with Crippen molar-refractivity contribution in [2.75, 3.05) is 5.73 Å². The highest BCUT2D eigenvalue weighted by Gasteiger charge is 2.05. The molecule has 2 N–H and O–H groups in total. The van der Waals surface area contributed by atoms with Crippen molar-refractivity contribution in [3.63, 3.8) is 0 Å². The summed E-state index contributed by atoms with van der Waals surface area (Å²) in [5.41, 5.74) is 7.55.